The molecule has 2 aliphatic heterocycles. The van der Waals surface area contributed by atoms with Gasteiger partial charge in [0.2, 0.25) is 11.9 Å². The predicted octanol–water partition coefficient (Wildman–Crippen LogP) is 5.39. The molecule has 2 aromatic heterocycles. The van der Waals surface area contributed by atoms with Crippen molar-refractivity contribution in [1.29, 1.82) is 0 Å². The number of nitrogens with zero attached hydrogens (tertiary/aromatic N) is 7. The largest absolute Gasteiger partial charge is 0.494 e. The third kappa shape index (κ3) is 7.54. The molecule has 0 unspecified atom stereocenters. The third-order valence-corrected chi connectivity index (χ3v) is 10.9. The number of aromatic nitrogens is 4. The lowest BCUT2D eigenvalue weighted by molar-refractivity contribution is -0.111. The molecule has 2 aromatic carbocycles. The number of hydrogen-bond donors (Lipinski definition) is 3. The van der Waals surface area contributed by atoms with Crippen LogP contribution in [0.25, 0.3) is 11.0 Å². The van der Waals surface area contributed by atoms with Crippen LogP contribution in [0.15, 0.2) is 60.0 Å². The van der Waals surface area contributed by atoms with Gasteiger partial charge in [-0.1, -0.05) is 14.5 Å². The lowest BCUT2D eigenvalue weighted by Gasteiger charge is -2.43. The third-order valence-electron chi connectivity index (χ3n) is 8.93. The average molecular weight is 734 g/mol. The molecule has 0 spiro atoms. The Balaban J connectivity index is 1.26. The molecular formula is C34H42BrN10O2P. The van der Waals surface area contributed by atoms with Gasteiger partial charge in [-0.05, 0) is 73.4 Å². The van der Waals surface area contributed by atoms with E-state index in [-0.39, 0.29) is 5.91 Å². The van der Waals surface area contributed by atoms with Crippen molar-refractivity contribution in [2.75, 3.05) is 87.6 Å². The number of carbonyl (C=O) groups is 1. The Morgan fingerprint density at radius 2 is 1.75 bits per heavy atom. The fraction of sp³-hybridized carbons (Fsp3) is 0.382. The Labute approximate surface area is 291 Å². The molecule has 12 nitrogen and oxygen atoms in total. The number of ether oxygens (including phenoxy) is 1. The predicted molar refractivity (Wildman–Crippen MR) is 200 cm³/mol. The zero-order chi connectivity index (χ0) is 33.8. The summed E-state index contributed by atoms with van der Waals surface area (Å²) in [6.07, 6.45) is 8.53. The lowest BCUT2D eigenvalue weighted by atomic mass is 10.0. The van der Waals surface area contributed by atoms with Gasteiger partial charge in [0.15, 0.2) is 0 Å². The van der Waals surface area contributed by atoms with Crippen LogP contribution in [0.1, 0.15) is 12.8 Å². The van der Waals surface area contributed by atoms with Crippen LogP contribution >= 0.6 is 23.9 Å². The zero-order valence-electron chi connectivity index (χ0n) is 27.8. The fourth-order valence-electron chi connectivity index (χ4n) is 6.38. The first-order valence-corrected chi connectivity index (χ1v) is 19.1. The van der Waals surface area contributed by atoms with Gasteiger partial charge in [-0.25, -0.2) is 4.98 Å². The molecule has 3 N–H and O–H groups in total. The van der Waals surface area contributed by atoms with E-state index in [9.17, 15) is 4.79 Å². The summed E-state index contributed by atoms with van der Waals surface area (Å²) in [4.78, 5) is 38.4. The molecule has 2 fully saturated rings. The van der Waals surface area contributed by atoms with Crippen molar-refractivity contribution in [2.24, 2.45) is 0 Å². The molecule has 2 aliphatic rings. The number of carbonyl (C=O) groups excluding carboxylic acids is 1. The van der Waals surface area contributed by atoms with Gasteiger partial charge in [0.05, 0.1) is 39.7 Å². The minimum atomic E-state index is -0.511. The second-order valence-electron chi connectivity index (χ2n) is 12.2. The molecule has 252 valence electrons. The van der Waals surface area contributed by atoms with Gasteiger partial charge in [0.25, 0.3) is 0 Å². The number of nitrogens with one attached hydrogen (secondary N) is 3. The molecule has 48 heavy (non-hydrogen) atoms. The van der Waals surface area contributed by atoms with Crippen LogP contribution in [0.5, 0.6) is 5.75 Å². The number of benzene rings is 2. The van der Waals surface area contributed by atoms with E-state index in [1.807, 2.05) is 24.3 Å². The van der Waals surface area contributed by atoms with E-state index < -0.39 is 7.92 Å². The molecule has 4 heterocycles. The van der Waals surface area contributed by atoms with Gasteiger partial charge in [0, 0.05) is 81.0 Å². The number of halogens is 1. The maximum absolute atomic E-state index is 12.6. The minimum absolute atomic E-state index is 0.284. The van der Waals surface area contributed by atoms with E-state index in [0.717, 1.165) is 79.8 Å². The standard InChI is InChI=1S/C34H42BrN10O2P/c1-6-30(46)39-26-19-27(29(47-3)20-28(26)45-13-9-22(10-14-45)44-17-15-43(2)16-18-44)41-34-38-21-23(35)33(42-34)40-25-8-7-24-31(32(25)48(4)5)37-12-11-36-24/h6-8,11-12,19-22H,1,9-10,13-18H2,2-5H3,(H,39,46)(H2,38,40,41,42). The highest BCUT2D eigenvalue weighted by Gasteiger charge is 2.28. The molecule has 1 amide bonds. The second-order valence-corrected chi connectivity index (χ2v) is 15.3. The summed E-state index contributed by atoms with van der Waals surface area (Å²) < 4.78 is 6.57. The number of piperidine rings is 1. The number of hydrogen-bond acceptors (Lipinski definition) is 11. The van der Waals surface area contributed by atoms with Crippen molar-refractivity contribution < 1.29 is 9.53 Å². The molecular weight excluding hydrogens is 691 g/mol. The van der Waals surface area contributed by atoms with Crippen molar-refractivity contribution in [3.05, 3.63) is 60.0 Å². The van der Waals surface area contributed by atoms with E-state index in [4.69, 9.17) is 9.72 Å². The SMILES string of the molecule is C=CC(=O)Nc1cc(Nc2ncc(Br)c(Nc3ccc4nccnc4c3P(C)C)n2)c(OC)cc1N1CCC(N2CCN(C)CC2)CC1. The summed E-state index contributed by atoms with van der Waals surface area (Å²) in [5.41, 5.74) is 4.84. The van der Waals surface area contributed by atoms with Crippen molar-refractivity contribution in [1.82, 2.24) is 29.7 Å². The first-order valence-electron chi connectivity index (χ1n) is 16.0. The van der Waals surface area contributed by atoms with Crippen LogP contribution in [0.4, 0.5) is 34.5 Å². The summed E-state index contributed by atoms with van der Waals surface area (Å²) >= 11 is 3.62. The highest BCUT2D eigenvalue weighted by molar-refractivity contribution is 9.10. The van der Waals surface area contributed by atoms with Gasteiger partial charge in [-0.3, -0.25) is 19.7 Å². The van der Waals surface area contributed by atoms with Gasteiger partial charge in [-0.2, -0.15) is 4.98 Å². The van der Waals surface area contributed by atoms with Crippen molar-refractivity contribution in [3.63, 3.8) is 0 Å². The molecule has 6 rings (SSSR count). The van der Waals surface area contributed by atoms with E-state index >= 15 is 0 Å². The number of fused-ring (bicyclic) bond motifs is 1. The Hall–Kier alpha value is -3.90. The van der Waals surface area contributed by atoms with Crippen LogP contribution in [0.2, 0.25) is 0 Å². The zero-order valence-corrected chi connectivity index (χ0v) is 30.3. The summed E-state index contributed by atoms with van der Waals surface area (Å²) in [7, 11) is 3.32. The Morgan fingerprint density at radius 1 is 1.00 bits per heavy atom. The van der Waals surface area contributed by atoms with Crippen LogP contribution in [0.3, 0.4) is 0 Å². The van der Waals surface area contributed by atoms with Crippen LogP contribution in [-0.2, 0) is 4.79 Å². The van der Waals surface area contributed by atoms with E-state index in [1.165, 1.54) is 6.08 Å². The molecule has 0 radical (unpaired) electrons. The monoisotopic (exact) mass is 732 g/mol. The highest BCUT2D eigenvalue weighted by Crippen LogP contribution is 2.40. The molecule has 4 aromatic rings. The van der Waals surface area contributed by atoms with Gasteiger partial charge >= 0.3 is 0 Å². The van der Waals surface area contributed by atoms with Crippen molar-refractivity contribution in [3.8, 4) is 5.75 Å². The summed E-state index contributed by atoms with van der Waals surface area (Å²) in [6, 6.07) is 8.40. The number of rotatable bonds is 10. The first kappa shape index (κ1) is 34.0. The lowest BCUT2D eigenvalue weighted by Crippen LogP contribution is -2.52. The van der Waals surface area contributed by atoms with Crippen LogP contribution < -0.4 is 30.9 Å². The number of piperazine rings is 1. The van der Waals surface area contributed by atoms with Crippen LogP contribution in [0, 0.1) is 0 Å². The van der Waals surface area contributed by atoms with Crippen LogP contribution in [-0.4, -0.2) is 108 Å². The first-order chi connectivity index (χ1) is 23.2. The average Bonchev–Trinajstić information content (AvgIpc) is 3.10. The second kappa shape index (κ2) is 15.1. The quantitative estimate of drug-likeness (QED) is 0.144. The molecule has 0 atom stereocenters. The number of amides is 1. The van der Waals surface area contributed by atoms with E-state index in [1.54, 1.807) is 25.7 Å². The topological polar surface area (TPSA) is 124 Å². The van der Waals surface area contributed by atoms with Gasteiger partial charge in [-0.15, -0.1) is 0 Å². The maximum atomic E-state index is 12.6. The van der Waals surface area contributed by atoms with Gasteiger partial charge < -0.3 is 30.5 Å². The number of methoxy groups -OCH3 is 1. The summed E-state index contributed by atoms with van der Waals surface area (Å²) in [5, 5.41) is 11.0. The molecule has 0 aliphatic carbocycles. The summed E-state index contributed by atoms with van der Waals surface area (Å²) in [6.45, 7) is 14.3. The minimum Gasteiger partial charge on any atom is -0.494 e. The van der Waals surface area contributed by atoms with E-state index in [2.05, 4.69) is 88.5 Å². The van der Waals surface area contributed by atoms with Crippen molar-refractivity contribution >= 4 is 80.6 Å². The summed E-state index contributed by atoms with van der Waals surface area (Å²) in [5.74, 6) is 1.28. The number of anilines is 6. The molecule has 2 saturated heterocycles. The number of likely N-dealkylation sites (N-methyl/N-ethyl adjacent to an activating group) is 1. The Kier molecular flexibility index (Phi) is 10.7. The molecule has 14 heteroatoms. The molecule has 0 bridgehead atoms. The maximum Gasteiger partial charge on any atom is 0.247 e. The normalized spacial score (nSPS) is 16.2. The fourth-order valence-corrected chi connectivity index (χ4v) is 7.88. The van der Waals surface area contributed by atoms with Crippen molar-refractivity contribution in [2.45, 2.75) is 18.9 Å². The van der Waals surface area contributed by atoms with E-state index in [0.29, 0.717) is 39.4 Å². The van der Waals surface area contributed by atoms with Gasteiger partial charge in [0.1, 0.15) is 11.6 Å². The Bertz CT molecular complexity index is 1790. The smallest absolute Gasteiger partial charge is 0.247 e. The Morgan fingerprint density at radius 3 is 2.46 bits per heavy atom. The highest BCUT2D eigenvalue weighted by atomic mass is 79.9. The molecule has 0 saturated carbocycles.